The Hall–Kier alpha value is -2.85. The lowest BCUT2D eigenvalue weighted by molar-refractivity contribution is 0.102. The van der Waals surface area contributed by atoms with Gasteiger partial charge in [-0.1, -0.05) is 54.1 Å². The quantitative estimate of drug-likeness (QED) is 0.623. The van der Waals surface area contributed by atoms with E-state index in [-0.39, 0.29) is 5.91 Å². The monoisotopic (exact) mass is 379 g/mol. The summed E-state index contributed by atoms with van der Waals surface area (Å²) in [4.78, 5) is 19.1. The van der Waals surface area contributed by atoms with Crippen molar-refractivity contribution in [3.05, 3.63) is 89.1 Å². The van der Waals surface area contributed by atoms with Crippen molar-refractivity contribution in [1.29, 1.82) is 0 Å². The number of anilines is 2. The minimum absolute atomic E-state index is 0.250. The highest BCUT2D eigenvalue weighted by molar-refractivity contribution is 6.34. The number of rotatable bonds is 6. The molecule has 1 aromatic heterocycles. The zero-order chi connectivity index (χ0) is 19.2. The van der Waals surface area contributed by atoms with Gasteiger partial charge in [-0.05, 0) is 43.7 Å². The molecule has 27 heavy (non-hydrogen) atoms. The molecular formula is C22H22ClN3O. The molecule has 3 rings (SSSR count). The fourth-order valence-electron chi connectivity index (χ4n) is 2.78. The molecule has 3 aromatic rings. The van der Waals surface area contributed by atoms with Crippen LogP contribution in [-0.2, 0) is 6.54 Å². The minimum atomic E-state index is -0.250. The molecule has 4 nitrogen and oxygen atoms in total. The summed E-state index contributed by atoms with van der Waals surface area (Å²) in [6.45, 7) is 5.05. The van der Waals surface area contributed by atoms with E-state index in [9.17, 15) is 4.79 Å². The van der Waals surface area contributed by atoms with Gasteiger partial charge in [0.2, 0.25) is 0 Å². The third kappa shape index (κ3) is 4.86. The zero-order valence-electron chi connectivity index (χ0n) is 15.4. The van der Waals surface area contributed by atoms with E-state index in [1.54, 1.807) is 30.5 Å². The first-order valence-electron chi connectivity index (χ1n) is 8.87. The van der Waals surface area contributed by atoms with E-state index in [1.165, 1.54) is 5.56 Å². The number of pyridine rings is 1. The van der Waals surface area contributed by atoms with Gasteiger partial charge in [0, 0.05) is 12.6 Å². The second kappa shape index (κ2) is 8.69. The van der Waals surface area contributed by atoms with Gasteiger partial charge < -0.3 is 10.2 Å². The maximum atomic E-state index is 12.4. The summed E-state index contributed by atoms with van der Waals surface area (Å²) < 4.78 is 0. The number of halogens is 1. The lowest BCUT2D eigenvalue weighted by atomic mass is 10.2. The van der Waals surface area contributed by atoms with Crippen molar-refractivity contribution in [2.75, 3.05) is 10.2 Å². The van der Waals surface area contributed by atoms with Gasteiger partial charge in [0.05, 0.1) is 22.5 Å². The maximum Gasteiger partial charge on any atom is 0.257 e. The largest absolute Gasteiger partial charge is 0.350 e. The summed E-state index contributed by atoms with van der Waals surface area (Å²) in [5, 5.41) is 3.26. The molecule has 0 fully saturated rings. The van der Waals surface area contributed by atoms with Gasteiger partial charge in [-0.3, -0.25) is 4.79 Å². The van der Waals surface area contributed by atoms with E-state index in [0.29, 0.717) is 22.3 Å². The number of carbonyl (C=O) groups is 1. The van der Waals surface area contributed by atoms with Gasteiger partial charge in [-0.15, -0.1) is 0 Å². The number of hydrogen-bond donors (Lipinski definition) is 1. The molecule has 5 heteroatoms. The van der Waals surface area contributed by atoms with Crippen LogP contribution in [0.15, 0.2) is 72.9 Å². The number of aromatic nitrogens is 1. The number of nitrogens with one attached hydrogen (secondary N) is 1. The lowest BCUT2D eigenvalue weighted by Crippen LogP contribution is -2.30. The predicted octanol–water partition coefficient (Wildman–Crippen LogP) is 5.40. The molecule has 0 saturated carbocycles. The van der Waals surface area contributed by atoms with Crippen LogP contribution in [0.3, 0.4) is 0 Å². The van der Waals surface area contributed by atoms with Gasteiger partial charge in [0.25, 0.3) is 5.91 Å². The Balaban J connectivity index is 1.73. The van der Waals surface area contributed by atoms with Crippen LogP contribution in [0.4, 0.5) is 11.5 Å². The van der Waals surface area contributed by atoms with E-state index >= 15 is 0 Å². The summed E-state index contributed by atoms with van der Waals surface area (Å²) in [6, 6.07) is 21.3. The first-order valence-corrected chi connectivity index (χ1v) is 9.25. The normalized spacial score (nSPS) is 10.7. The second-order valence-corrected chi connectivity index (χ2v) is 6.95. The van der Waals surface area contributed by atoms with Gasteiger partial charge in [0.1, 0.15) is 5.82 Å². The lowest BCUT2D eigenvalue weighted by Gasteiger charge is -2.28. The molecule has 0 aliphatic rings. The standard InChI is InChI=1S/C22H22ClN3O/c1-16(2)26(15-17-8-4-3-5-9-17)21-13-12-18(14-24-21)25-22(27)19-10-6-7-11-20(19)23/h3-14,16H,15H2,1-2H3,(H,25,27). The molecule has 0 unspecified atom stereocenters. The van der Waals surface area contributed by atoms with Crippen molar-refractivity contribution in [1.82, 2.24) is 4.98 Å². The minimum Gasteiger partial charge on any atom is -0.350 e. The van der Waals surface area contributed by atoms with Crippen molar-refractivity contribution in [2.45, 2.75) is 26.4 Å². The van der Waals surface area contributed by atoms with Crippen LogP contribution < -0.4 is 10.2 Å². The fraction of sp³-hybridized carbons (Fsp3) is 0.182. The Morgan fingerprint density at radius 2 is 1.74 bits per heavy atom. The van der Waals surface area contributed by atoms with Crippen molar-refractivity contribution in [2.24, 2.45) is 0 Å². The molecule has 2 aromatic carbocycles. The summed E-state index contributed by atoms with van der Waals surface area (Å²) in [7, 11) is 0. The summed E-state index contributed by atoms with van der Waals surface area (Å²) in [6.07, 6.45) is 1.67. The highest BCUT2D eigenvalue weighted by Crippen LogP contribution is 2.21. The molecule has 1 N–H and O–H groups in total. The number of nitrogens with zero attached hydrogens (tertiary/aromatic N) is 2. The Morgan fingerprint density at radius 1 is 1.04 bits per heavy atom. The molecule has 0 atom stereocenters. The van der Waals surface area contributed by atoms with E-state index in [2.05, 4.69) is 41.2 Å². The number of carbonyl (C=O) groups excluding carboxylic acids is 1. The molecular weight excluding hydrogens is 358 g/mol. The molecule has 0 bridgehead atoms. The van der Waals surface area contributed by atoms with E-state index in [1.807, 2.05) is 30.3 Å². The van der Waals surface area contributed by atoms with Crippen LogP contribution in [-0.4, -0.2) is 16.9 Å². The SMILES string of the molecule is CC(C)N(Cc1ccccc1)c1ccc(NC(=O)c2ccccc2Cl)cn1. The van der Waals surface area contributed by atoms with Crippen LogP contribution in [0.25, 0.3) is 0 Å². The molecule has 1 heterocycles. The van der Waals surface area contributed by atoms with Crippen molar-refractivity contribution in [3.63, 3.8) is 0 Å². The molecule has 0 spiro atoms. The first-order chi connectivity index (χ1) is 13.0. The number of amides is 1. The van der Waals surface area contributed by atoms with Crippen LogP contribution in [0.1, 0.15) is 29.8 Å². The van der Waals surface area contributed by atoms with E-state index in [0.717, 1.165) is 12.4 Å². The summed E-state index contributed by atoms with van der Waals surface area (Å²) in [5.74, 6) is 0.616. The Morgan fingerprint density at radius 3 is 2.37 bits per heavy atom. The van der Waals surface area contributed by atoms with Crippen LogP contribution >= 0.6 is 11.6 Å². The Bertz CT molecular complexity index is 895. The number of benzene rings is 2. The average molecular weight is 380 g/mol. The zero-order valence-corrected chi connectivity index (χ0v) is 16.1. The third-order valence-electron chi connectivity index (χ3n) is 4.24. The predicted molar refractivity (Wildman–Crippen MR) is 111 cm³/mol. The summed E-state index contributed by atoms with van der Waals surface area (Å²) >= 11 is 6.08. The highest BCUT2D eigenvalue weighted by atomic mass is 35.5. The molecule has 0 aliphatic carbocycles. The highest BCUT2D eigenvalue weighted by Gasteiger charge is 2.14. The molecule has 0 aliphatic heterocycles. The van der Waals surface area contributed by atoms with Crippen molar-refractivity contribution < 1.29 is 4.79 Å². The molecule has 138 valence electrons. The van der Waals surface area contributed by atoms with Crippen molar-refractivity contribution >= 4 is 29.0 Å². The second-order valence-electron chi connectivity index (χ2n) is 6.55. The molecule has 0 radical (unpaired) electrons. The number of hydrogen-bond acceptors (Lipinski definition) is 3. The van der Waals surface area contributed by atoms with Gasteiger partial charge >= 0.3 is 0 Å². The van der Waals surface area contributed by atoms with Crippen LogP contribution in [0.5, 0.6) is 0 Å². The smallest absolute Gasteiger partial charge is 0.257 e. The van der Waals surface area contributed by atoms with Gasteiger partial charge in [-0.2, -0.15) is 0 Å². The third-order valence-corrected chi connectivity index (χ3v) is 4.57. The Kier molecular flexibility index (Phi) is 6.09. The molecule has 0 saturated heterocycles. The fourth-order valence-corrected chi connectivity index (χ4v) is 3.00. The van der Waals surface area contributed by atoms with Crippen LogP contribution in [0, 0.1) is 0 Å². The average Bonchev–Trinajstić information content (AvgIpc) is 2.68. The maximum absolute atomic E-state index is 12.4. The van der Waals surface area contributed by atoms with Gasteiger partial charge in [-0.25, -0.2) is 4.98 Å². The van der Waals surface area contributed by atoms with E-state index < -0.39 is 0 Å². The molecule has 1 amide bonds. The Labute approximate surface area is 164 Å². The van der Waals surface area contributed by atoms with E-state index in [4.69, 9.17) is 11.6 Å². The summed E-state index contributed by atoms with van der Waals surface area (Å²) in [5.41, 5.74) is 2.30. The topological polar surface area (TPSA) is 45.2 Å². The van der Waals surface area contributed by atoms with Gasteiger partial charge in [0.15, 0.2) is 0 Å². The first kappa shape index (κ1) is 18.9. The van der Waals surface area contributed by atoms with Crippen LogP contribution in [0.2, 0.25) is 5.02 Å². The van der Waals surface area contributed by atoms with Crippen molar-refractivity contribution in [3.8, 4) is 0 Å².